The normalized spacial score (nSPS) is 51.8. The number of aliphatic carboxylic acids is 1. The molecular weight excluding hydrogens is 650 g/mol. The molecule has 10 heteroatoms. The highest BCUT2D eigenvalue weighted by molar-refractivity contribution is 5.89. The Hall–Kier alpha value is -1.66. The zero-order chi connectivity index (χ0) is 36.0. The van der Waals surface area contributed by atoms with Crippen LogP contribution in [0, 0.1) is 29.1 Å². The van der Waals surface area contributed by atoms with Crippen molar-refractivity contribution in [3.05, 3.63) is 23.8 Å². The summed E-state index contributed by atoms with van der Waals surface area (Å²) in [6.07, 6.45) is 10.9. The van der Waals surface area contributed by atoms with Crippen LogP contribution in [0.1, 0.15) is 130 Å². The van der Waals surface area contributed by atoms with Gasteiger partial charge in [0.15, 0.2) is 17.3 Å². The van der Waals surface area contributed by atoms with E-state index < -0.39 is 47.2 Å². The molecule has 0 radical (unpaired) electrons. The third-order valence-electron chi connectivity index (χ3n) is 14.7. The van der Waals surface area contributed by atoms with E-state index in [-0.39, 0.29) is 29.5 Å². The van der Waals surface area contributed by atoms with Crippen molar-refractivity contribution in [1.29, 1.82) is 0 Å². The topological polar surface area (TPSA) is 141 Å². The first-order chi connectivity index (χ1) is 24.2. The van der Waals surface area contributed by atoms with Gasteiger partial charge in [0.25, 0.3) is 0 Å². The fourth-order valence-electron chi connectivity index (χ4n) is 11.6. The molecule has 8 rings (SSSR count). The lowest BCUT2D eigenvalue weighted by Gasteiger charge is -2.50. The number of rotatable bonds is 1. The Morgan fingerprint density at radius 2 is 1.67 bits per heavy atom. The molecule has 7 aliphatic heterocycles. The van der Waals surface area contributed by atoms with Crippen LogP contribution in [-0.2, 0) is 28.5 Å². The van der Waals surface area contributed by atoms with E-state index in [0.29, 0.717) is 68.8 Å². The van der Waals surface area contributed by atoms with Crippen molar-refractivity contribution in [2.75, 3.05) is 6.54 Å². The van der Waals surface area contributed by atoms with Crippen molar-refractivity contribution in [3.8, 4) is 0 Å². The van der Waals surface area contributed by atoms with E-state index in [4.69, 9.17) is 23.7 Å². The molecule has 0 aromatic rings. The lowest BCUT2D eigenvalue weighted by Crippen LogP contribution is -2.77. The molecule has 0 saturated carbocycles. The standard InChI is InChI=1S/C41H61NO9/c1-24-8-6-10-32-38(20-25(2)27(4)23-42-32)15-11-28(36(44)45)19-31(38)34-35-33(43)26(3)21-40(49-34,50-35)22-30-9-7-13-39(47-30)16-17-41(51-39)37(5,46)14-12-29(18-24)48-41/h19,25-27,29-31,33-35,43,46H,1,6-18,20-23H2,2-5H3,(H,44,45)/t25?,26-,27+,29?,30?,31?,33-,34?,35-,37-,38-,39-,40-,41-/m0/s1. The number of hydrogen-bond donors (Lipinski definition) is 3. The van der Waals surface area contributed by atoms with Crippen LogP contribution in [-0.4, -0.2) is 81.9 Å². The van der Waals surface area contributed by atoms with Gasteiger partial charge in [0.2, 0.25) is 5.79 Å². The Labute approximate surface area is 303 Å². The Morgan fingerprint density at radius 1 is 0.863 bits per heavy atom. The Balaban J connectivity index is 1.20. The van der Waals surface area contributed by atoms with Gasteiger partial charge in [-0.2, -0.15) is 0 Å². The first-order valence-corrected chi connectivity index (χ1v) is 20.2. The van der Waals surface area contributed by atoms with Crippen LogP contribution in [0.15, 0.2) is 23.8 Å². The molecule has 4 spiro atoms. The van der Waals surface area contributed by atoms with E-state index in [2.05, 4.69) is 32.3 Å². The van der Waals surface area contributed by atoms with Gasteiger partial charge in [-0.15, -0.1) is 0 Å². The number of fused-ring (bicyclic) bond motifs is 6. The summed E-state index contributed by atoms with van der Waals surface area (Å²) in [7, 11) is 0. The van der Waals surface area contributed by atoms with Gasteiger partial charge in [-0.3, -0.25) is 0 Å². The summed E-state index contributed by atoms with van der Waals surface area (Å²) in [5, 5.41) is 36.0. The first kappa shape index (κ1) is 36.3. The first-order valence-electron chi connectivity index (χ1n) is 20.2. The third kappa shape index (κ3) is 6.21. The highest BCUT2D eigenvalue weighted by Crippen LogP contribution is 2.58. The zero-order valence-electron chi connectivity index (χ0n) is 31.3. The summed E-state index contributed by atoms with van der Waals surface area (Å²) in [6, 6.07) is 0. The number of hydrogen-bond acceptors (Lipinski definition) is 9. The lowest BCUT2D eigenvalue weighted by molar-refractivity contribution is -0.470. The molecule has 5 unspecified atom stereocenters. The van der Waals surface area contributed by atoms with Crippen molar-refractivity contribution < 1.29 is 48.8 Å². The maximum Gasteiger partial charge on any atom is 0.200 e. The monoisotopic (exact) mass is 711 g/mol. The quantitative estimate of drug-likeness (QED) is 0.350. The van der Waals surface area contributed by atoms with Crippen LogP contribution >= 0.6 is 0 Å². The molecule has 51 heavy (non-hydrogen) atoms. The van der Waals surface area contributed by atoms with E-state index in [1.807, 2.05) is 13.0 Å². The van der Waals surface area contributed by atoms with Gasteiger partial charge in [0.1, 0.15) is 18.2 Å². The molecule has 1 aliphatic carbocycles. The molecule has 6 fully saturated rings. The second-order valence-electron chi connectivity index (χ2n) is 18.4. The molecule has 14 atom stereocenters. The van der Waals surface area contributed by atoms with Gasteiger partial charge < -0.3 is 43.8 Å². The van der Waals surface area contributed by atoms with E-state index in [9.17, 15) is 20.1 Å². The highest BCUT2D eigenvalue weighted by Gasteiger charge is 2.66. The van der Waals surface area contributed by atoms with Crippen LogP contribution in [0.4, 0.5) is 0 Å². The van der Waals surface area contributed by atoms with E-state index in [1.54, 1.807) is 0 Å². The molecule has 3 N–H and O–H groups in total. The number of carboxylic acids is 1. The summed E-state index contributed by atoms with van der Waals surface area (Å²) in [5.41, 5.74) is 1.17. The second kappa shape index (κ2) is 13.0. The Kier molecular flexibility index (Phi) is 9.25. The van der Waals surface area contributed by atoms with E-state index in [0.717, 1.165) is 63.5 Å². The van der Waals surface area contributed by atoms with Crippen LogP contribution < -0.4 is 10.1 Å². The van der Waals surface area contributed by atoms with Crippen LogP contribution in [0.25, 0.3) is 0 Å². The maximum atomic E-state index is 12.5. The predicted molar refractivity (Wildman–Crippen MR) is 186 cm³/mol. The van der Waals surface area contributed by atoms with E-state index in [1.165, 1.54) is 5.71 Å². The Bertz CT molecular complexity index is 1460. The summed E-state index contributed by atoms with van der Waals surface area (Å²) in [4.78, 5) is 16.4. The van der Waals surface area contributed by atoms with Crippen molar-refractivity contribution in [2.45, 2.75) is 184 Å². The number of nitrogens with one attached hydrogen (secondary N) is 1. The Morgan fingerprint density at radius 3 is 2.47 bits per heavy atom. The van der Waals surface area contributed by atoms with Gasteiger partial charge in [-0.25, -0.2) is 4.99 Å². The average Bonchev–Trinajstić information content (AvgIpc) is 3.55. The van der Waals surface area contributed by atoms with Crippen LogP contribution in [0.2, 0.25) is 0 Å². The van der Waals surface area contributed by atoms with Gasteiger partial charge in [-0.1, -0.05) is 39.0 Å². The molecule has 7 bridgehead atoms. The predicted octanol–water partition coefficient (Wildman–Crippen LogP) is 3.36. The minimum atomic E-state index is -1.15. The number of carbonyl (C=O) groups is 1. The molecule has 0 aromatic heterocycles. The molecular formula is C41H61NO9. The molecule has 10 nitrogen and oxygen atoms in total. The molecule has 0 amide bonds. The number of aliphatic hydroxyl groups is 2. The summed E-state index contributed by atoms with van der Waals surface area (Å²) < 4.78 is 34.8. The molecule has 284 valence electrons. The second-order valence-corrected chi connectivity index (χ2v) is 18.4. The van der Waals surface area contributed by atoms with Gasteiger partial charge in [-0.05, 0) is 88.5 Å². The third-order valence-corrected chi connectivity index (χ3v) is 14.7. The lowest BCUT2D eigenvalue weighted by atomic mass is 9.57. The molecule has 0 aromatic carbocycles. The smallest absolute Gasteiger partial charge is 0.200 e. The van der Waals surface area contributed by atoms with Crippen molar-refractivity contribution >= 4 is 11.7 Å². The molecule has 8 aliphatic rings. The highest BCUT2D eigenvalue weighted by atomic mass is 16.8. The molecule has 7 heterocycles. The van der Waals surface area contributed by atoms with Gasteiger partial charge >= 0.3 is 0 Å². The minimum absolute atomic E-state index is 0.0809. The van der Waals surface area contributed by atoms with Gasteiger partial charge in [0, 0.05) is 50.4 Å². The number of aliphatic hydroxyl groups excluding tert-OH is 1. The van der Waals surface area contributed by atoms with E-state index >= 15 is 0 Å². The van der Waals surface area contributed by atoms with Crippen LogP contribution in [0.3, 0.4) is 0 Å². The largest absolute Gasteiger partial charge is 0.545 e. The molecule has 6 saturated heterocycles. The fourth-order valence-corrected chi connectivity index (χ4v) is 11.6. The number of carbonyl (C=O) groups excluding carboxylic acids is 1. The minimum Gasteiger partial charge on any atom is -0.545 e. The number of ether oxygens (including phenoxy) is 5. The fraction of sp³-hybridized carbons (Fsp3) is 0.854. The SMILES string of the molecule is C=C1CCCC2=[NH+]C[C@@H](C)C(C)C[C@]23CCC(C(=O)[O-])=CC3C2O[C@@]3(CC4CCC[C@]5(CC[C@]6(OC(CC[C@]6(C)O)C1)O5)O4)C[C@H](C)[C@H](O)[C@@H]2O3. The van der Waals surface area contributed by atoms with Crippen molar-refractivity contribution in [3.63, 3.8) is 0 Å². The summed E-state index contributed by atoms with van der Waals surface area (Å²) >= 11 is 0. The van der Waals surface area contributed by atoms with Gasteiger partial charge in [0.05, 0.1) is 35.8 Å². The average molecular weight is 712 g/mol. The number of carboxylic acid groups (broad SMARTS) is 1. The maximum absolute atomic E-state index is 12.5. The zero-order valence-corrected chi connectivity index (χ0v) is 31.3. The van der Waals surface area contributed by atoms with Crippen molar-refractivity contribution in [1.82, 2.24) is 0 Å². The summed E-state index contributed by atoms with van der Waals surface area (Å²) in [5.74, 6) is -3.71. The summed E-state index contributed by atoms with van der Waals surface area (Å²) in [6.45, 7) is 13.9. The van der Waals surface area contributed by atoms with Crippen LogP contribution in [0.5, 0.6) is 0 Å². The van der Waals surface area contributed by atoms with Crippen molar-refractivity contribution in [2.24, 2.45) is 29.1 Å².